The predicted molar refractivity (Wildman–Crippen MR) is 69.9 cm³/mol. The number of methoxy groups -OCH3 is 2. The van der Waals surface area contributed by atoms with Gasteiger partial charge in [-0.15, -0.1) is 0 Å². The number of nitrogens with one attached hydrogen (secondary N) is 2. The van der Waals surface area contributed by atoms with Gasteiger partial charge in [-0.25, -0.2) is 4.98 Å². The van der Waals surface area contributed by atoms with Crippen molar-refractivity contribution in [2.75, 3.05) is 25.3 Å². The summed E-state index contributed by atoms with van der Waals surface area (Å²) in [6.07, 6.45) is 3.48. The van der Waals surface area contributed by atoms with E-state index in [2.05, 4.69) is 15.3 Å². The third kappa shape index (κ3) is 2.48. The number of imidazole rings is 1. The average Bonchev–Trinajstić information content (AvgIpc) is 2.90. The molecule has 0 spiro atoms. The average molecular weight is 248 g/mol. The molecule has 1 aromatic carbocycles. The molecule has 0 bridgehead atoms. The number of rotatable bonds is 5. The lowest BCUT2D eigenvalue weighted by Crippen LogP contribution is -2.04. The Morgan fingerprint density at radius 2 is 2.00 bits per heavy atom. The molecule has 18 heavy (non-hydrogen) atoms. The van der Waals surface area contributed by atoms with Crippen LogP contribution in [0.1, 0.15) is 5.82 Å². The topological polar surface area (TPSA) is 85.2 Å². The minimum Gasteiger partial charge on any atom is -0.493 e. The maximum atomic E-state index is 5.93. The Balaban J connectivity index is 2.17. The first kappa shape index (κ1) is 12.1. The SMILES string of the molecule is COc1cc(N)c(NCc2ncc[nH]2)cc1OC. The van der Waals surface area contributed by atoms with Crippen molar-refractivity contribution in [2.45, 2.75) is 6.54 Å². The van der Waals surface area contributed by atoms with Crippen LogP contribution in [-0.4, -0.2) is 24.2 Å². The molecule has 0 atom stereocenters. The zero-order valence-corrected chi connectivity index (χ0v) is 10.4. The largest absolute Gasteiger partial charge is 0.493 e. The molecule has 6 nitrogen and oxygen atoms in total. The first-order chi connectivity index (χ1) is 8.74. The third-order valence-electron chi connectivity index (χ3n) is 2.56. The second-order valence-electron chi connectivity index (χ2n) is 3.68. The van der Waals surface area contributed by atoms with Crippen LogP contribution in [0.5, 0.6) is 11.5 Å². The highest BCUT2D eigenvalue weighted by Crippen LogP contribution is 2.34. The lowest BCUT2D eigenvalue weighted by molar-refractivity contribution is 0.355. The first-order valence-electron chi connectivity index (χ1n) is 5.48. The number of H-pyrrole nitrogens is 1. The van der Waals surface area contributed by atoms with Crippen LogP contribution in [-0.2, 0) is 6.54 Å². The van der Waals surface area contributed by atoms with Gasteiger partial charge < -0.3 is 25.5 Å². The number of benzene rings is 1. The van der Waals surface area contributed by atoms with Crippen molar-refractivity contribution in [3.8, 4) is 11.5 Å². The summed E-state index contributed by atoms with van der Waals surface area (Å²) in [5.41, 5.74) is 7.31. The van der Waals surface area contributed by atoms with Gasteiger partial charge in [0.25, 0.3) is 0 Å². The zero-order chi connectivity index (χ0) is 13.0. The fourth-order valence-electron chi connectivity index (χ4n) is 1.62. The van der Waals surface area contributed by atoms with Gasteiger partial charge in [-0.2, -0.15) is 0 Å². The zero-order valence-electron chi connectivity index (χ0n) is 10.4. The highest BCUT2D eigenvalue weighted by Gasteiger charge is 2.09. The molecule has 0 radical (unpaired) electrons. The standard InChI is InChI=1S/C12H16N4O2/c1-17-10-5-8(13)9(6-11(10)18-2)16-7-12-14-3-4-15-12/h3-6,16H,7,13H2,1-2H3,(H,14,15). The van der Waals surface area contributed by atoms with Crippen molar-refractivity contribution in [3.63, 3.8) is 0 Å². The van der Waals surface area contributed by atoms with Crippen LogP contribution in [0, 0.1) is 0 Å². The van der Waals surface area contributed by atoms with Gasteiger partial charge in [-0.1, -0.05) is 0 Å². The fraction of sp³-hybridized carbons (Fsp3) is 0.250. The molecular weight excluding hydrogens is 232 g/mol. The molecule has 96 valence electrons. The van der Waals surface area contributed by atoms with Crippen molar-refractivity contribution in [1.82, 2.24) is 9.97 Å². The van der Waals surface area contributed by atoms with E-state index in [1.807, 2.05) is 0 Å². The van der Waals surface area contributed by atoms with Gasteiger partial charge in [0.2, 0.25) is 0 Å². The molecule has 0 aliphatic rings. The minimum absolute atomic E-state index is 0.562. The summed E-state index contributed by atoms with van der Waals surface area (Å²) in [6.45, 7) is 0.562. The van der Waals surface area contributed by atoms with Crippen LogP contribution in [0.25, 0.3) is 0 Å². The molecule has 2 aromatic rings. The molecule has 0 fully saturated rings. The first-order valence-corrected chi connectivity index (χ1v) is 5.48. The van der Waals surface area contributed by atoms with Gasteiger partial charge in [0.05, 0.1) is 32.1 Å². The van der Waals surface area contributed by atoms with E-state index >= 15 is 0 Å². The highest BCUT2D eigenvalue weighted by molar-refractivity contribution is 5.71. The van der Waals surface area contributed by atoms with Crippen LogP contribution in [0.4, 0.5) is 11.4 Å². The van der Waals surface area contributed by atoms with E-state index in [9.17, 15) is 0 Å². The van der Waals surface area contributed by atoms with Crippen molar-refractivity contribution >= 4 is 11.4 Å². The quantitative estimate of drug-likeness (QED) is 0.700. The van der Waals surface area contributed by atoms with Gasteiger partial charge in [-0.3, -0.25) is 0 Å². The summed E-state index contributed by atoms with van der Waals surface area (Å²) in [6, 6.07) is 3.53. The summed E-state index contributed by atoms with van der Waals surface area (Å²) < 4.78 is 10.4. The van der Waals surface area contributed by atoms with E-state index in [0.717, 1.165) is 11.5 Å². The monoisotopic (exact) mass is 248 g/mol. The number of hydrogen-bond acceptors (Lipinski definition) is 5. The second kappa shape index (κ2) is 5.31. The lowest BCUT2D eigenvalue weighted by atomic mass is 10.2. The number of aromatic nitrogens is 2. The molecule has 0 unspecified atom stereocenters. The summed E-state index contributed by atoms with van der Waals surface area (Å²) >= 11 is 0. The van der Waals surface area contributed by atoms with Crippen molar-refractivity contribution in [3.05, 3.63) is 30.4 Å². The second-order valence-corrected chi connectivity index (χ2v) is 3.68. The number of hydrogen-bond donors (Lipinski definition) is 3. The van der Waals surface area contributed by atoms with Gasteiger partial charge in [0, 0.05) is 24.5 Å². The Bertz CT molecular complexity index is 511. The van der Waals surface area contributed by atoms with Crippen LogP contribution in [0.2, 0.25) is 0 Å². The molecule has 0 amide bonds. The normalized spacial score (nSPS) is 10.1. The molecule has 2 rings (SSSR count). The van der Waals surface area contributed by atoms with E-state index in [4.69, 9.17) is 15.2 Å². The van der Waals surface area contributed by atoms with Crippen LogP contribution in [0.3, 0.4) is 0 Å². The Hall–Kier alpha value is -2.37. The van der Waals surface area contributed by atoms with Gasteiger partial charge in [-0.05, 0) is 0 Å². The molecule has 0 saturated carbocycles. The van der Waals surface area contributed by atoms with E-state index in [0.29, 0.717) is 23.7 Å². The Morgan fingerprint density at radius 3 is 2.61 bits per heavy atom. The van der Waals surface area contributed by atoms with Gasteiger partial charge >= 0.3 is 0 Å². The summed E-state index contributed by atoms with van der Waals surface area (Å²) in [5, 5.41) is 3.19. The number of nitrogens with zero attached hydrogens (tertiary/aromatic N) is 1. The van der Waals surface area contributed by atoms with E-state index in [1.165, 1.54) is 0 Å². The fourth-order valence-corrected chi connectivity index (χ4v) is 1.62. The Kier molecular flexibility index (Phi) is 3.57. The maximum Gasteiger partial charge on any atom is 0.162 e. The molecule has 0 aliphatic carbocycles. The van der Waals surface area contributed by atoms with Crippen molar-refractivity contribution in [2.24, 2.45) is 0 Å². The molecule has 0 saturated heterocycles. The number of nitrogens with two attached hydrogens (primary N) is 1. The molecule has 1 heterocycles. The number of aromatic amines is 1. The van der Waals surface area contributed by atoms with E-state index in [-0.39, 0.29) is 0 Å². The summed E-state index contributed by atoms with van der Waals surface area (Å²) in [4.78, 5) is 7.13. The van der Waals surface area contributed by atoms with Crippen molar-refractivity contribution < 1.29 is 9.47 Å². The Labute approximate surface area is 105 Å². The van der Waals surface area contributed by atoms with E-state index < -0.39 is 0 Å². The summed E-state index contributed by atoms with van der Waals surface area (Å²) in [5.74, 6) is 2.08. The molecule has 4 N–H and O–H groups in total. The molecular formula is C12H16N4O2. The minimum atomic E-state index is 0.562. The number of anilines is 2. The van der Waals surface area contributed by atoms with Gasteiger partial charge in [0.1, 0.15) is 5.82 Å². The predicted octanol–water partition coefficient (Wildman–Crippen LogP) is 1.62. The third-order valence-corrected chi connectivity index (χ3v) is 2.56. The van der Waals surface area contributed by atoms with Crippen molar-refractivity contribution in [1.29, 1.82) is 0 Å². The van der Waals surface area contributed by atoms with E-state index in [1.54, 1.807) is 38.7 Å². The molecule has 1 aromatic heterocycles. The number of ether oxygens (including phenoxy) is 2. The smallest absolute Gasteiger partial charge is 0.162 e. The Morgan fingerprint density at radius 1 is 1.28 bits per heavy atom. The summed E-state index contributed by atoms with van der Waals surface area (Å²) in [7, 11) is 3.16. The van der Waals surface area contributed by atoms with Crippen LogP contribution < -0.4 is 20.5 Å². The van der Waals surface area contributed by atoms with Gasteiger partial charge in [0.15, 0.2) is 11.5 Å². The van der Waals surface area contributed by atoms with Crippen LogP contribution >= 0.6 is 0 Å². The maximum absolute atomic E-state index is 5.93. The molecule has 0 aliphatic heterocycles. The molecule has 6 heteroatoms. The lowest BCUT2D eigenvalue weighted by Gasteiger charge is -2.13. The number of nitrogen functional groups attached to an aromatic ring is 1. The highest BCUT2D eigenvalue weighted by atomic mass is 16.5. The van der Waals surface area contributed by atoms with Crippen LogP contribution in [0.15, 0.2) is 24.5 Å².